The number of hydrogen-bond donors (Lipinski definition) is 0. The van der Waals surface area contributed by atoms with Crippen molar-refractivity contribution in [3.8, 4) is 0 Å². The van der Waals surface area contributed by atoms with Gasteiger partial charge in [0.1, 0.15) is 0 Å². The molecule has 0 fully saturated rings. The molecule has 0 spiro atoms. The average molecular weight is 369 g/mol. The minimum Gasteiger partial charge on any atom is -0.439 e. The molecule has 0 saturated carbocycles. The predicted molar refractivity (Wildman–Crippen MR) is 100 cm³/mol. The Labute approximate surface area is 136 Å². The number of rotatable bonds is 11. The van der Waals surface area contributed by atoms with Crippen LogP contribution in [0.2, 0.25) is 57.9 Å². The molecule has 0 aliphatic rings. The van der Waals surface area contributed by atoms with Crippen molar-refractivity contribution in [1.29, 1.82) is 0 Å². The lowest BCUT2D eigenvalue weighted by Gasteiger charge is -2.39. The Kier molecular flexibility index (Phi) is 9.42. The molecule has 0 radical (unpaired) electrons. The van der Waals surface area contributed by atoms with Crippen LogP contribution in [0.5, 0.6) is 0 Å². The topological polar surface area (TPSA) is 36.9 Å². The first kappa shape index (κ1) is 21.7. The summed E-state index contributed by atoms with van der Waals surface area (Å²) in [5, 5.41) is 0. The van der Waals surface area contributed by atoms with Gasteiger partial charge in [-0.3, -0.25) is 0 Å². The number of ether oxygens (including phenoxy) is 1. The molecular formula is C13H36O4Si4. The Balaban J connectivity index is 4.85. The van der Waals surface area contributed by atoms with E-state index < -0.39 is 34.5 Å². The third-order valence-electron chi connectivity index (χ3n) is 3.02. The largest absolute Gasteiger partial charge is 0.439 e. The zero-order chi connectivity index (χ0) is 16.7. The predicted octanol–water partition coefficient (Wildman–Crippen LogP) is 4.05. The van der Waals surface area contributed by atoms with E-state index in [0.717, 1.165) is 25.1 Å². The highest BCUT2D eigenvalue weighted by Gasteiger charge is 2.42. The second kappa shape index (κ2) is 9.11. The molecular weight excluding hydrogens is 332 g/mol. The Morgan fingerprint density at radius 3 is 1.95 bits per heavy atom. The molecule has 2 atom stereocenters. The molecule has 0 amide bonds. The highest BCUT2D eigenvalue weighted by molar-refractivity contribution is 6.87. The standard InChI is InChI=1S/C13H36O4Si4/c1-10-18(3)15-21(9,13-11-12-14-2)17-20(7,8)16-19(4,5)6/h18H,10-13H2,1-9H3. The molecule has 0 bridgehead atoms. The molecule has 0 heterocycles. The maximum atomic E-state index is 6.57. The van der Waals surface area contributed by atoms with E-state index in [1.807, 2.05) is 0 Å². The lowest BCUT2D eigenvalue weighted by molar-refractivity contribution is 0.195. The van der Waals surface area contributed by atoms with Crippen LogP contribution in [-0.2, 0) is 17.1 Å². The summed E-state index contributed by atoms with van der Waals surface area (Å²) in [5.41, 5.74) is 0. The molecule has 8 heteroatoms. The van der Waals surface area contributed by atoms with Crippen molar-refractivity contribution in [3.05, 3.63) is 0 Å². The monoisotopic (exact) mass is 368 g/mol. The van der Waals surface area contributed by atoms with Crippen LogP contribution in [0.1, 0.15) is 13.3 Å². The molecule has 0 N–H and O–H groups in total. The van der Waals surface area contributed by atoms with Gasteiger partial charge >= 0.3 is 17.1 Å². The summed E-state index contributed by atoms with van der Waals surface area (Å²) in [6.07, 6.45) is 1.00. The first-order chi connectivity index (χ1) is 9.43. The summed E-state index contributed by atoms with van der Waals surface area (Å²) >= 11 is 0. The van der Waals surface area contributed by atoms with Crippen molar-refractivity contribution in [2.45, 2.75) is 71.3 Å². The molecule has 0 aliphatic carbocycles. The van der Waals surface area contributed by atoms with E-state index in [4.69, 9.17) is 17.1 Å². The maximum absolute atomic E-state index is 6.57. The van der Waals surface area contributed by atoms with Crippen molar-refractivity contribution in [2.24, 2.45) is 0 Å². The van der Waals surface area contributed by atoms with Gasteiger partial charge in [-0.15, -0.1) is 0 Å². The van der Waals surface area contributed by atoms with Crippen LogP contribution in [0.4, 0.5) is 0 Å². The van der Waals surface area contributed by atoms with Crippen molar-refractivity contribution < 1.29 is 17.1 Å². The molecule has 21 heavy (non-hydrogen) atoms. The van der Waals surface area contributed by atoms with Crippen molar-refractivity contribution in [1.82, 2.24) is 0 Å². The van der Waals surface area contributed by atoms with Crippen LogP contribution in [-0.4, -0.2) is 48.2 Å². The average Bonchev–Trinajstić information content (AvgIpc) is 2.24. The summed E-state index contributed by atoms with van der Waals surface area (Å²) in [5.74, 6) is 0. The minimum absolute atomic E-state index is 0.772. The number of hydrogen-bond acceptors (Lipinski definition) is 4. The summed E-state index contributed by atoms with van der Waals surface area (Å²) < 4.78 is 24.5. The lowest BCUT2D eigenvalue weighted by Crippen LogP contribution is -2.55. The second-order valence-electron chi connectivity index (χ2n) is 7.28. The molecule has 2 unspecified atom stereocenters. The third-order valence-corrected chi connectivity index (χ3v) is 17.1. The zero-order valence-electron chi connectivity index (χ0n) is 15.5. The Hall–Kier alpha value is 0.708. The quantitative estimate of drug-likeness (QED) is 0.407. The second-order valence-corrected chi connectivity index (χ2v) is 22.1. The van der Waals surface area contributed by atoms with Crippen LogP contribution >= 0.6 is 0 Å². The van der Waals surface area contributed by atoms with Gasteiger partial charge in [0.25, 0.3) is 0 Å². The maximum Gasteiger partial charge on any atom is 0.315 e. The van der Waals surface area contributed by atoms with E-state index >= 15 is 0 Å². The van der Waals surface area contributed by atoms with E-state index in [1.54, 1.807) is 7.11 Å². The smallest absolute Gasteiger partial charge is 0.315 e. The van der Waals surface area contributed by atoms with Crippen molar-refractivity contribution in [2.75, 3.05) is 13.7 Å². The fourth-order valence-electron chi connectivity index (χ4n) is 2.46. The van der Waals surface area contributed by atoms with Gasteiger partial charge in [-0.05, 0) is 64.3 Å². The fraction of sp³-hybridized carbons (Fsp3) is 1.00. The third kappa shape index (κ3) is 11.0. The highest BCUT2D eigenvalue weighted by Crippen LogP contribution is 2.25. The van der Waals surface area contributed by atoms with Crippen LogP contribution in [0.3, 0.4) is 0 Å². The Morgan fingerprint density at radius 2 is 1.52 bits per heavy atom. The molecule has 0 rings (SSSR count). The van der Waals surface area contributed by atoms with Crippen molar-refractivity contribution >= 4 is 34.5 Å². The van der Waals surface area contributed by atoms with Crippen LogP contribution in [0.25, 0.3) is 0 Å². The molecule has 0 aromatic heterocycles. The van der Waals surface area contributed by atoms with E-state index in [2.05, 4.69) is 52.8 Å². The summed E-state index contributed by atoms with van der Waals surface area (Å²) in [6.45, 7) is 18.4. The van der Waals surface area contributed by atoms with Crippen molar-refractivity contribution in [3.63, 3.8) is 0 Å². The molecule has 0 aromatic rings. The molecule has 0 aliphatic heterocycles. The first-order valence-electron chi connectivity index (χ1n) is 8.00. The van der Waals surface area contributed by atoms with Gasteiger partial charge in [-0.1, -0.05) is 6.92 Å². The van der Waals surface area contributed by atoms with E-state index in [0.29, 0.717) is 0 Å². The highest BCUT2D eigenvalue weighted by atomic mass is 28.5. The molecule has 0 saturated heterocycles. The summed E-state index contributed by atoms with van der Waals surface area (Å²) in [7, 11) is -5.27. The van der Waals surface area contributed by atoms with Gasteiger partial charge in [0.2, 0.25) is 0 Å². The van der Waals surface area contributed by atoms with E-state index in [1.165, 1.54) is 0 Å². The zero-order valence-corrected chi connectivity index (χ0v) is 19.7. The fourth-order valence-corrected chi connectivity index (χ4v) is 19.4. The summed E-state index contributed by atoms with van der Waals surface area (Å²) in [6, 6.07) is 2.14. The number of methoxy groups -OCH3 is 1. The van der Waals surface area contributed by atoms with Crippen LogP contribution < -0.4 is 0 Å². The van der Waals surface area contributed by atoms with Gasteiger partial charge in [0.15, 0.2) is 17.4 Å². The summed E-state index contributed by atoms with van der Waals surface area (Å²) in [4.78, 5) is 0. The van der Waals surface area contributed by atoms with Gasteiger partial charge in [-0.25, -0.2) is 0 Å². The van der Waals surface area contributed by atoms with E-state index in [9.17, 15) is 0 Å². The minimum atomic E-state index is -2.17. The van der Waals surface area contributed by atoms with Gasteiger partial charge < -0.3 is 17.1 Å². The van der Waals surface area contributed by atoms with Crippen LogP contribution in [0.15, 0.2) is 0 Å². The van der Waals surface area contributed by atoms with Crippen LogP contribution in [0, 0.1) is 0 Å². The first-order valence-corrected chi connectivity index (χ1v) is 19.2. The van der Waals surface area contributed by atoms with Gasteiger partial charge in [-0.2, -0.15) is 0 Å². The Bertz CT molecular complexity index is 296. The normalized spacial score (nSPS) is 17.6. The SMILES string of the molecule is CC[SiH](C)O[Si](C)(CCCOC)O[Si](C)(C)O[Si](C)(C)C. The molecule has 4 nitrogen and oxygen atoms in total. The van der Waals surface area contributed by atoms with Gasteiger partial charge in [0, 0.05) is 13.7 Å². The van der Waals surface area contributed by atoms with E-state index in [-0.39, 0.29) is 0 Å². The van der Waals surface area contributed by atoms with Gasteiger partial charge in [0.05, 0.1) is 0 Å². The lowest BCUT2D eigenvalue weighted by atomic mass is 10.5. The Morgan fingerprint density at radius 1 is 0.952 bits per heavy atom. The molecule has 128 valence electrons. The molecule has 0 aromatic carbocycles.